The topological polar surface area (TPSA) is 67.4 Å². The fourth-order valence-electron chi connectivity index (χ4n) is 2.54. The maximum absolute atomic E-state index is 14.2. The summed E-state index contributed by atoms with van der Waals surface area (Å²) in [4.78, 5) is 23.9. The molecule has 24 heavy (non-hydrogen) atoms. The lowest BCUT2D eigenvalue weighted by Crippen LogP contribution is -2.20. The van der Waals surface area contributed by atoms with Gasteiger partial charge in [0.25, 0.3) is 5.91 Å². The molecule has 0 bridgehead atoms. The third-order valence-corrected chi connectivity index (χ3v) is 3.98. The molecular weight excluding hydrogens is 335 g/mol. The van der Waals surface area contributed by atoms with Crippen molar-refractivity contribution in [3.05, 3.63) is 52.3 Å². The van der Waals surface area contributed by atoms with E-state index in [4.69, 9.17) is 16.3 Å². The fraction of sp³-hybridized carbons (Fsp3) is 0.176. The highest BCUT2D eigenvalue weighted by Crippen LogP contribution is 2.30. The van der Waals surface area contributed by atoms with Crippen LogP contribution in [0.5, 0.6) is 5.75 Å². The Morgan fingerprint density at radius 2 is 2.08 bits per heavy atom. The molecule has 0 spiro atoms. The normalized spacial score (nSPS) is 13.0. The molecule has 0 atom stereocenters. The largest absolute Gasteiger partial charge is 0.496 e. The summed E-state index contributed by atoms with van der Waals surface area (Å²) in [7, 11) is 1.43. The van der Waals surface area contributed by atoms with Crippen LogP contribution < -0.4 is 15.4 Å². The maximum atomic E-state index is 14.2. The van der Waals surface area contributed by atoms with Crippen molar-refractivity contribution in [3.8, 4) is 5.75 Å². The second kappa shape index (κ2) is 6.49. The summed E-state index contributed by atoms with van der Waals surface area (Å²) in [6, 6.07) is 7.32. The van der Waals surface area contributed by atoms with Crippen LogP contribution in [0.3, 0.4) is 0 Å². The zero-order valence-corrected chi connectivity index (χ0v) is 13.5. The Morgan fingerprint density at radius 1 is 1.29 bits per heavy atom. The van der Waals surface area contributed by atoms with Crippen molar-refractivity contribution < 1.29 is 18.7 Å². The van der Waals surface area contributed by atoms with E-state index in [2.05, 4.69) is 10.6 Å². The van der Waals surface area contributed by atoms with Crippen LogP contribution in [0.15, 0.2) is 30.3 Å². The smallest absolute Gasteiger partial charge is 0.259 e. The van der Waals surface area contributed by atoms with Crippen LogP contribution in [0.2, 0.25) is 5.02 Å². The van der Waals surface area contributed by atoms with Gasteiger partial charge in [-0.3, -0.25) is 9.59 Å². The van der Waals surface area contributed by atoms with E-state index in [9.17, 15) is 14.0 Å². The van der Waals surface area contributed by atoms with Crippen molar-refractivity contribution in [2.24, 2.45) is 0 Å². The van der Waals surface area contributed by atoms with Crippen LogP contribution in [-0.4, -0.2) is 18.9 Å². The number of amides is 2. The van der Waals surface area contributed by atoms with Crippen molar-refractivity contribution in [3.63, 3.8) is 0 Å². The standard InChI is InChI=1S/C17H14ClFN2O3/c1-24-15-4-3-10(18)7-11(15)17(23)21-14-8-13-9(6-12(14)19)2-5-16(22)20-13/h3-4,6-8H,2,5H2,1H3,(H,20,22)(H,21,23). The first-order valence-corrected chi connectivity index (χ1v) is 7.63. The van der Waals surface area contributed by atoms with Gasteiger partial charge in [0.05, 0.1) is 18.4 Å². The number of fused-ring (bicyclic) bond motifs is 1. The zero-order chi connectivity index (χ0) is 17.3. The van der Waals surface area contributed by atoms with Gasteiger partial charge in [0.1, 0.15) is 11.6 Å². The van der Waals surface area contributed by atoms with E-state index < -0.39 is 11.7 Å². The van der Waals surface area contributed by atoms with E-state index in [1.807, 2.05) is 0 Å². The SMILES string of the molecule is COc1ccc(Cl)cc1C(=O)Nc1cc2c(cc1F)CCC(=O)N2. The van der Waals surface area contributed by atoms with E-state index in [-0.39, 0.29) is 17.2 Å². The number of anilines is 2. The van der Waals surface area contributed by atoms with Gasteiger partial charge in [0.15, 0.2) is 0 Å². The summed E-state index contributed by atoms with van der Waals surface area (Å²) < 4.78 is 19.4. The average molecular weight is 349 g/mol. The molecule has 5 nitrogen and oxygen atoms in total. The first-order valence-electron chi connectivity index (χ1n) is 7.25. The Morgan fingerprint density at radius 3 is 2.83 bits per heavy atom. The van der Waals surface area contributed by atoms with Crippen molar-refractivity contribution >= 4 is 34.8 Å². The lowest BCUT2D eigenvalue weighted by Gasteiger charge is -2.18. The minimum absolute atomic E-state index is 0.0250. The Bertz CT molecular complexity index is 839. The van der Waals surface area contributed by atoms with E-state index in [1.165, 1.54) is 25.3 Å². The summed E-state index contributed by atoms with van der Waals surface area (Å²) in [5.74, 6) is -0.943. The van der Waals surface area contributed by atoms with Crippen molar-refractivity contribution in [1.29, 1.82) is 0 Å². The predicted octanol–water partition coefficient (Wildman–Crippen LogP) is 3.62. The molecule has 3 rings (SSSR count). The highest BCUT2D eigenvalue weighted by molar-refractivity contribution is 6.31. The summed E-state index contributed by atoms with van der Waals surface area (Å²) in [6.45, 7) is 0. The van der Waals surface area contributed by atoms with E-state index in [0.717, 1.165) is 0 Å². The van der Waals surface area contributed by atoms with Gasteiger partial charge in [0.2, 0.25) is 5.91 Å². The Kier molecular flexibility index (Phi) is 4.40. The molecule has 7 heteroatoms. The third kappa shape index (κ3) is 3.19. The van der Waals surface area contributed by atoms with Crippen LogP contribution >= 0.6 is 11.6 Å². The zero-order valence-electron chi connectivity index (χ0n) is 12.8. The lowest BCUT2D eigenvalue weighted by molar-refractivity contribution is -0.116. The van der Waals surface area contributed by atoms with Crippen molar-refractivity contribution in [1.82, 2.24) is 0 Å². The number of rotatable bonds is 3. The van der Waals surface area contributed by atoms with Gasteiger partial charge in [-0.2, -0.15) is 0 Å². The molecule has 0 aliphatic carbocycles. The summed E-state index contributed by atoms with van der Waals surface area (Å²) in [5.41, 5.74) is 1.36. The monoisotopic (exact) mass is 348 g/mol. The minimum Gasteiger partial charge on any atom is -0.496 e. The van der Waals surface area contributed by atoms with E-state index in [1.54, 1.807) is 12.1 Å². The number of aryl methyl sites for hydroxylation is 1. The van der Waals surface area contributed by atoms with Crippen LogP contribution in [0.25, 0.3) is 0 Å². The summed E-state index contributed by atoms with van der Waals surface area (Å²) >= 11 is 5.91. The van der Waals surface area contributed by atoms with E-state index >= 15 is 0 Å². The first kappa shape index (κ1) is 16.3. The second-order valence-electron chi connectivity index (χ2n) is 5.34. The van der Waals surface area contributed by atoms with Crippen LogP contribution in [0.4, 0.5) is 15.8 Å². The second-order valence-corrected chi connectivity index (χ2v) is 5.77. The van der Waals surface area contributed by atoms with Crippen LogP contribution in [0.1, 0.15) is 22.3 Å². The van der Waals surface area contributed by atoms with Gasteiger partial charge in [-0.15, -0.1) is 0 Å². The number of methoxy groups -OCH3 is 1. The molecule has 1 heterocycles. The van der Waals surface area contributed by atoms with Gasteiger partial charge >= 0.3 is 0 Å². The highest BCUT2D eigenvalue weighted by Gasteiger charge is 2.20. The van der Waals surface area contributed by atoms with Crippen molar-refractivity contribution in [2.45, 2.75) is 12.8 Å². The molecule has 0 radical (unpaired) electrons. The maximum Gasteiger partial charge on any atom is 0.259 e. The van der Waals surface area contributed by atoms with Gasteiger partial charge in [-0.1, -0.05) is 11.6 Å². The molecule has 2 aromatic rings. The molecule has 0 saturated carbocycles. The number of hydrogen-bond donors (Lipinski definition) is 2. The molecule has 1 aliphatic rings. The Labute approximate surface area is 142 Å². The number of halogens is 2. The molecule has 124 valence electrons. The third-order valence-electron chi connectivity index (χ3n) is 3.74. The van der Waals surface area contributed by atoms with Crippen molar-refractivity contribution in [2.75, 3.05) is 17.7 Å². The molecule has 1 aliphatic heterocycles. The molecule has 0 fully saturated rings. The number of carbonyl (C=O) groups excluding carboxylic acids is 2. The van der Waals surface area contributed by atoms with Gasteiger partial charge in [-0.25, -0.2) is 4.39 Å². The fourth-order valence-corrected chi connectivity index (χ4v) is 2.71. The quantitative estimate of drug-likeness (QED) is 0.890. The Balaban J connectivity index is 1.91. The van der Waals surface area contributed by atoms with Crippen LogP contribution in [0, 0.1) is 5.82 Å². The highest BCUT2D eigenvalue weighted by atomic mass is 35.5. The number of nitrogens with one attached hydrogen (secondary N) is 2. The van der Waals surface area contributed by atoms with Crippen LogP contribution in [-0.2, 0) is 11.2 Å². The first-order chi connectivity index (χ1) is 11.5. The van der Waals surface area contributed by atoms with Gasteiger partial charge in [0, 0.05) is 17.1 Å². The molecule has 2 aromatic carbocycles. The number of carbonyl (C=O) groups is 2. The molecule has 0 aromatic heterocycles. The Hall–Kier alpha value is -2.60. The number of hydrogen-bond acceptors (Lipinski definition) is 3. The molecule has 2 N–H and O–H groups in total. The molecule has 0 unspecified atom stereocenters. The number of ether oxygens (including phenoxy) is 1. The number of benzene rings is 2. The minimum atomic E-state index is -0.570. The van der Waals surface area contributed by atoms with E-state index in [0.29, 0.717) is 34.9 Å². The average Bonchev–Trinajstić information content (AvgIpc) is 2.55. The van der Waals surface area contributed by atoms with Gasteiger partial charge < -0.3 is 15.4 Å². The lowest BCUT2D eigenvalue weighted by atomic mass is 10.0. The molecule has 2 amide bonds. The molecular formula is C17H14ClFN2O3. The predicted molar refractivity (Wildman–Crippen MR) is 89.3 cm³/mol. The summed E-state index contributed by atoms with van der Waals surface area (Å²) in [6.07, 6.45) is 0.784. The van der Waals surface area contributed by atoms with Gasteiger partial charge in [-0.05, 0) is 42.3 Å². The molecule has 0 saturated heterocycles. The summed E-state index contributed by atoms with van der Waals surface area (Å²) in [5, 5.41) is 5.52.